The van der Waals surface area contributed by atoms with Gasteiger partial charge in [0, 0.05) is 28.2 Å². The molecule has 1 aliphatic heterocycles. The van der Waals surface area contributed by atoms with E-state index in [2.05, 4.69) is 21.2 Å². The van der Waals surface area contributed by atoms with Crippen LogP contribution < -0.4 is 19.5 Å². The maximum absolute atomic E-state index is 12.5. The van der Waals surface area contributed by atoms with Crippen LogP contribution in [0.4, 0.5) is 0 Å². The molecule has 1 aliphatic rings. The zero-order valence-corrected chi connectivity index (χ0v) is 21.2. The normalized spacial score (nSPS) is 14.4. The first kappa shape index (κ1) is 24.9. The van der Waals surface area contributed by atoms with Gasteiger partial charge in [-0.2, -0.15) is 0 Å². The molecule has 0 radical (unpaired) electrons. The fourth-order valence-electron chi connectivity index (χ4n) is 3.88. The number of carboxylic acid groups (broad SMARTS) is 1. The van der Waals surface area contributed by atoms with E-state index >= 15 is 0 Å². The van der Waals surface area contributed by atoms with Gasteiger partial charge in [-0.3, -0.25) is 9.59 Å². The number of halogens is 2. The second-order valence-corrected chi connectivity index (χ2v) is 9.26. The van der Waals surface area contributed by atoms with Gasteiger partial charge in [0.25, 0.3) is 5.91 Å². The maximum atomic E-state index is 12.5. The third kappa shape index (κ3) is 5.89. The molecule has 1 unspecified atom stereocenters. The zero-order chi connectivity index (χ0) is 24.9. The third-order valence-corrected chi connectivity index (χ3v) is 6.46. The number of aliphatic carboxylic acids is 1. The molecular formula is C26H23BrClNO6. The van der Waals surface area contributed by atoms with Crippen LogP contribution in [0.2, 0.25) is 5.02 Å². The Balaban J connectivity index is 1.38. The Morgan fingerprint density at radius 1 is 1.14 bits per heavy atom. The Hall–Kier alpha value is -3.23. The van der Waals surface area contributed by atoms with Gasteiger partial charge in [0.2, 0.25) is 0 Å². The van der Waals surface area contributed by atoms with E-state index in [1.807, 2.05) is 18.2 Å². The smallest absolute Gasteiger partial charge is 0.311 e. The number of fused-ring (bicyclic) bond motifs is 1. The van der Waals surface area contributed by atoms with Gasteiger partial charge in [0.15, 0.2) is 0 Å². The van der Waals surface area contributed by atoms with E-state index in [0.29, 0.717) is 54.4 Å². The van der Waals surface area contributed by atoms with Crippen LogP contribution in [0.3, 0.4) is 0 Å². The van der Waals surface area contributed by atoms with Crippen molar-refractivity contribution in [1.29, 1.82) is 0 Å². The van der Waals surface area contributed by atoms with Crippen molar-refractivity contribution >= 4 is 39.4 Å². The second kappa shape index (κ2) is 11.0. The van der Waals surface area contributed by atoms with Crippen molar-refractivity contribution in [3.63, 3.8) is 0 Å². The molecule has 1 heterocycles. The van der Waals surface area contributed by atoms with E-state index in [9.17, 15) is 14.7 Å². The predicted molar refractivity (Wildman–Crippen MR) is 135 cm³/mol. The molecule has 182 valence electrons. The van der Waals surface area contributed by atoms with Crippen molar-refractivity contribution in [1.82, 2.24) is 5.32 Å². The molecular weight excluding hydrogens is 538 g/mol. The van der Waals surface area contributed by atoms with Gasteiger partial charge < -0.3 is 24.6 Å². The number of hydrogen-bond donors (Lipinski definition) is 2. The van der Waals surface area contributed by atoms with E-state index in [4.69, 9.17) is 25.8 Å². The summed E-state index contributed by atoms with van der Waals surface area (Å²) in [6, 6.07) is 15.6. The van der Waals surface area contributed by atoms with Crippen LogP contribution in [-0.2, 0) is 11.2 Å². The fraction of sp³-hybridized carbons (Fsp3) is 0.231. The minimum Gasteiger partial charge on any atom is -0.496 e. The number of ether oxygens (including phenoxy) is 3. The summed E-state index contributed by atoms with van der Waals surface area (Å²) >= 11 is 9.80. The Labute approximate surface area is 216 Å². The number of rotatable bonds is 8. The summed E-state index contributed by atoms with van der Waals surface area (Å²) < 4.78 is 17.8. The van der Waals surface area contributed by atoms with Crippen LogP contribution in [0.15, 0.2) is 59.1 Å². The molecule has 0 spiro atoms. The number of amides is 1. The highest BCUT2D eigenvalue weighted by atomic mass is 79.9. The second-order valence-electron chi connectivity index (χ2n) is 7.94. The number of nitrogens with one attached hydrogen (secondary N) is 1. The lowest BCUT2D eigenvalue weighted by atomic mass is 9.93. The first-order valence-corrected chi connectivity index (χ1v) is 12.1. The summed E-state index contributed by atoms with van der Waals surface area (Å²) in [5, 5.41) is 12.6. The Morgan fingerprint density at radius 3 is 2.63 bits per heavy atom. The molecule has 2 N–H and O–H groups in total. The SMILES string of the molecule is COc1ccc(Br)cc1CCNC(=O)c1ccc(Oc2cc3c(cc2Cl)C(C(=O)O)CCO3)cc1. The zero-order valence-electron chi connectivity index (χ0n) is 18.8. The van der Waals surface area contributed by atoms with Gasteiger partial charge >= 0.3 is 5.97 Å². The Bertz CT molecular complexity index is 1250. The van der Waals surface area contributed by atoms with E-state index < -0.39 is 11.9 Å². The molecule has 0 aromatic heterocycles. The number of carbonyl (C=O) groups excluding carboxylic acids is 1. The minimum absolute atomic E-state index is 0.203. The van der Waals surface area contributed by atoms with Gasteiger partial charge in [-0.25, -0.2) is 0 Å². The summed E-state index contributed by atoms with van der Waals surface area (Å²) in [6.45, 7) is 0.759. The van der Waals surface area contributed by atoms with Crippen molar-refractivity contribution in [2.75, 3.05) is 20.3 Å². The first-order chi connectivity index (χ1) is 16.9. The van der Waals surface area contributed by atoms with Crippen molar-refractivity contribution in [2.45, 2.75) is 18.8 Å². The summed E-state index contributed by atoms with van der Waals surface area (Å²) in [5.41, 5.74) is 2.02. The molecule has 3 aromatic carbocycles. The van der Waals surface area contributed by atoms with Gasteiger partial charge in [-0.05, 0) is 66.9 Å². The highest BCUT2D eigenvalue weighted by Gasteiger charge is 2.29. The summed E-state index contributed by atoms with van der Waals surface area (Å²) in [7, 11) is 1.62. The van der Waals surface area contributed by atoms with Crippen molar-refractivity contribution < 1.29 is 28.9 Å². The molecule has 35 heavy (non-hydrogen) atoms. The van der Waals surface area contributed by atoms with E-state index in [-0.39, 0.29) is 10.9 Å². The number of carboxylic acids is 1. The molecule has 3 aromatic rings. The first-order valence-electron chi connectivity index (χ1n) is 10.9. The molecule has 1 atom stereocenters. The average molecular weight is 561 g/mol. The van der Waals surface area contributed by atoms with Gasteiger partial charge in [0.05, 0.1) is 24.7 Å². The van der Waals surface area contributed by atoms with Gasteiger partial charge in [-0.15, -0.1) is 0 Å². The largest absolute Gasteiger partial charge is 0.496 e. The van der Waals surface area contributed by atoms with Gasteiger partial charge in [-0.1, -0.05) is 27.5 Å². The van der Waals surface area contributed by atoms with E-state index in [1.165, 1.54) is 0 Å². The molecule has 0 aliphatic carbocycles. The lowest BCUT2D eigenvalue weighted by Crippen LogP contribution is -2.25. The molecule has 0 fully saturated rings. The topological polar surface area (TPSA) is 94.1 Å². The monoisotopic (exact) mass is 559 g/mol. The maximum Gasteiger partial charge on any atom is 0.311 e. The number of methoxy groups -OCH3 is 1. The average Bonchev–Trinajstić information content (AvgIpc) is 2.84. The molecule has 0 saturated heterocycles. The fourth-order valence-corrected chi connectivity index (χ4v) is 4.50. The summed E-state index contributed by atoms with van der Waals surface area (Å²) in [5.74, 6) is 0.265. The number of carbonyl (C=O) groups is 2. The van der Waals surface area contributed by atoms with E-state index in [1.54, 1.807) is 43.5 Å². The van der Waals surface area contributed by atoms with Crippen molar-refractivity contribution in [3.05, 3.63) is 80.8 Å². The van der Waals surface area contributed by atoms with Crippen molar-refractivity contribution in [3.8, 4) is 23.0 Å². The number of hydrogen-bond acceptors (Lipinski definition) is 5. The molecule has 7 nitrogen and oxygen atoms in total. The lowest BCUT2D eigenvalue weighted by Gasteiger charge is -2.24. The minimum atomic E-state index is -0.913. The van der Waals surface area contributed by atoms with Crippen LogP contribution in [-0.4, -0.2) is 37.2 Å². The molecule has 0 saturated carbocycles. The predicted octanol–water partition coefficient (Wildman–Crippen LogP) is 5.83. The Kier molecular flexibility index (Phi) is 7.83. The summed E-state index contributed by atoms with van der Waals surface area (Å²) in [4.78, 5) is 24.0. The summed E-state index contributed by atoms with van der Waals surface area (Å²) in [6.07, 6.45) is 1.01. The lowest BCUT2D eigenvalue weighted by molar-refractivity contribution is -0.139. The van der Waals surface area contributed by atoms with Crippen LogP contribution in [0.5, 0.6) is 23.0 Å². The van der Waals surface area contributed by atoms with Crippen LogP contribution >= 0.6 is 27.5 Å². The number of benzene rings is 3. The molecule has 9 heteroatoms. The molecule has 1 amide bonds. The van der Waals surface area contributed by atoms with Crippen LogP contribution in [0, 0.1) is 0 Å². The van der Waals surface area contributed by atoms with Crippen LogP contribution in [0.25, 0.3) is 0 Å². The Morgan fingerprint density at radius 2 is 1.91 bits per heavy atom. The molecule has 0 bridgehead atoms. The van der Waals surface area contributed by atoms with E-state index in [0.717, 1.165) is 15.8 Å². The van der Waals surface area contributed by atoms with Crippen LogP contribution in [0.1, 0.15) is 33.8 Å². The van der Waals surface area contributed by atoms with Crippen molar-refractivity contribution in [2.24, 2.45) is 0 Å². The standard InChI is InChI=1S/C26H23BrClNO6/c1-33-22-7-4-17(27)12-16(22)8-10-29-25(30)15-2-5-18(6-3-15)35-24-14-23-20(13-21(24)28)19(26(31)32)9-11-34-23/h2-7,12-14,19H,8-11H2,1H3,(H,29,30)(H,31,32). The quantitative estimate of drug-likeness (QED) is 0.360. The molecule has 4 rings (SSSR count). The van der Waals surface area contributed by atoms with Gasteiger partial charge in [0.1, 0.15) is 23.0 Å². The third-order valence-electron chi connectivity index (χ3n) is 5.67. The highest BCUT2D eigenvalue weighted by molar-refractivity contribution is 9.10. The highest BCUT2D eigenvalue weighted by Crippen LogP contribution is 2.41.